The normalized spacial score (nSPS) is 37.3. The lowest BCUT2D eigenvalue weighted by Gasteiger charge is -2.25. The third-order valence-corrected chi connectivity index (χ3v) is 19.5. The quantitative estimate of drug-likeness (QED) is 0.106. The van der Waals surface area contributed by atoms with Gasteiger partial charge in [-0.15, -0.1) is 0 Å². The zero-order valence-corrected chi connectivity index (χ0v) is 51.4. The van der Waals surface area contributed by atoms with Gasteiger partial charge in [0.25, 0.3) is 5.82 Å². The monoisotopic (exact) mass is 1300 g/mol. The van der Waals surface area contributed by atoms with Gasteiger partial charge in [-0.05, 0) is 96.7 Å². The number of rotatable bonds is 12. The molecule has 12 nitrogen and oxygen atoms in total. The van der Waals surface area contributed by atoms with Gasteiger partial charge in [0.05, 0.1) is 52.6 Å². The van der Waals surface area contributed by atoms with Gasteiger partial charge in [-0.1, -0.05) is 97.2 Å². The first-order valence-corrected chi connectivity index (χ1v) is 27.6. The van der Waals surface area contributed by atoms with Gasteiger partial charge in [-0.3, -0.25) is 0 Å². The van der Waals surface area contributed by atoms with Crippen LogP contribution in [0.25, 0.3) is 0 Å². The standard InChI is InChI=1S/C16H21N2O.3C15H19N2O.4BrH/c1-11-17(2)7-8-18(11)10-19-15-6-5-14-12-3-4-13(9-12)16(14)15;3*1-16-6-7-17(9-16)10-18-14-5-4-13-11-2-3-12(8-11)15(13)14;;;;/h3-8,12-16H,9-10H2,1-2H3;3*2-7,9,11-15H,8,10H2,1H3;4*1H/q4*+1;;;;/p-4/t12?,13?,14-,15+,16+;3*11?,12?,13-,14+,15+;;;;/m0000..../s1. The van der Waals surface area contributed by atoms with E-state index >= 15 is 0 Å². The minimum Gasteiger partial charge on any atom is -1.00 e. The van der Waals surface area contributed by atoms with E-state index in [1.165, 1.54) is 31.5 Å². The Labute approximate surface area is 498 Å². The lowest BCUT2D eigenvalue weighted by atomic mass is 9.84. The fourth-order valence-electron chi connectivity index (χ4n) is 15.8. The molecule has 4 heterocycles. The van der Waals surface area contributed by atoms with E-state index in [1.54, 1.807) is 0 Å². The van der Waals surface area contributed by atoms with Gasteiger partial charge in [-0.2, -0.15) is 0 Å². The maximum atomic E-state index is 6.18. The van der Waals surface area contributed by atoms with Crippen molar-refractivity contribution >= 4 is 0 Å². The molecule has 4 saturated carbocycles. The molecule has 16 heteroatoms. The van der Waals surface area contributed by atoms with Crippen molar-refractivity contribution in [2.75, 3.05) is 0 Å². The minimum absolute atomic E-state index is 0. The van der Waals surface area contributed by atoms with Gasteiger partial charge in [0.15, 0.2) is 26.9 Å². The summed E-state index contributed by atoms with van der Waals surface area (Å²) in [5.74, 6) is 13.1. The van der Waals surface area contributed by atoms with Crippen LogP contribution < -0.4 is 86.2 Å². The molecule has 0 N–H and O–H groups in total. The van der Waals surface area contributed by atoms with Crippen LogP contribution in [0.15, 0.2) is 166 Å². The molecule has 77 heavy (non-hydrogen) atoms. The van der Waals surface area contributed by atoms with Crippen molar-refractivity contribution in [3.8, 4) is 0 Å². The van der Waals surface area contributed by atoms with E-state index in [0.717, 1.165) is 71.0 Å². The third kappa shape index (κ3) is 11.6. The number of aryl methyl sites for hydroxylation is 4. The second-order valence-electron chi connectivity index (χ2n) is 23.7. The highest BCUT2D eigenvalue weighted by atomic mass is 79.9. The fraction of sp³-hybridized carbons (Fsp3) is 0.541. The lowest BCUT2D eigenvalue weighted by Crippen LogP contribution is -3.00. The molecule has 4 aromatic heterocycles. The number of ether oxygens (including phenoxy) is 4. The molecule has 0 aliphatic heterocycles. The van der Waals surface area contributed by atoms with Crippen LogP contribution >= 0.6 is 0 Å². The van der Waals surface area contributed by atoms with Gasteiger partial charge >= 0.3 is 0 Å². The number of allylic oxidation sites excluding steroid dienone is 12. The maximum Gasteiger partial charge on any atom is 0.254 e. The van der Waals surface area contributed by atoms with E-state index in [4.69, 9.17) is 18.9 Å². The first-order chi connectivity index (χ1) is 35.7. The van der Waals surface area contributed by atoms with Crippen LogP contribution in [0.3, 0.4) is 0 Å². The van der Waals surface area contributed by atoms with Crippen molar-refractivity contribution in [1.29, 1.82) is 0 Å². The first kappa shape index (κ1) is 58.2. The second kappa shape index (κ2) is 24.7. The van der Waals surface area contributed by atoms with E-state index < -0.39 is 0 Å². The van der Waals surface area contributed by atoms with E-state index in [1.807, 2.05) is 53.4 Å². The fourth-order valence-corrected chi connectivity index (χ4v) is 15.8. The largest absolute Gasteiger partial charge is 1.00 e. The number of nitrogens with zero attached hydrogens (tertiary/aromatic N) is 8. The highest BCUT2D eigenvalue weighted by molar-refractivity contribution is 5.28. The Hall–Kier alpha value is -3.48. The Bertz CT molecular complexity index is 2670. The zero-order valence-electron chi connectivity index (χ0n) is 45.0. The zero-order chi connectivity index (χ0) is 49.3. The minimum atomic E-state index is 0. The van der Waals surface area contributed by atoms with Crippen LogP contribution in [0.2, 0.25) is 0 Å². The second-order valence-corrected chi connectivity index (χ2v) is 23.7. The van der Waals surface area contributed by atoms with Gasteiger partial charge in [-0.25, -0.2) is 36.5 Å². The maximum absolute atomic E-state index is 6.18. The van der Waals surface area contributed by atoms with Crippen LogP contribution in [0.4, 0.5) is 0 Å². The van der Waals surface area contributed by atoms with Gasteiger partial charge in [0.1, 0.15) is 49.6 Å². The summed E-state index contributed by atoms with van der Waals surface area (Å²) in [4.78, 5) is 0. The summed E-state index contributed by atoms with van der Waals surface area (Å²) >= 11 is 0. The topological polar surface area (TPSA) is 72.2 Å². The third-order valence-electron chi connectivity index (χ3n) is 19.5. The Balaban J connectivity index is 0.000000123. The molecule has 16 rings (SSSR count). The SMILES string of the molecule is C[n+]1ccn(CO[C@@H]2C=C[C@H]3C4C=CC(C4)[C@@H]23)c1.C[n+]1ccn(CO[C@@H]2C=C[C@H]3C4C=CC(C4)[C@@H]23)c1.C[n+]1ccn(CO[C@@H]2C=C[C@H]3C4C=CC(C4)[C@@H]23)c1.Cc1n(CO[C@@H]2C=C[C@H]3C4C=CC(C4)[C@@H]23)cc[n+]1C.[Br-].[Br-].[Br-].[Br-]. The number of aromatic nitrogens is 8. The summed E-state index contributed by atoms with van der Waals surface area (Å²) in [5.41, 5.74) is 0. The molecular weight excluding hydrogens is 1230 g/mol. The predicted octanol–water partition coefficient (Wildman–Crippen LogP) is -5.02. The molecule has 0 spiro atoms. The van der Waals surface area contributed by atoms with Gasteiger partial charge < -0.3 is 86.9 Å². The molecule has 0 aromatic carbocycles. The van der Waals surface area contributed by atoms with Gasteiger partial charge in [0.2, 0.25) is 19.0 Å². The summed E-state index contributed by atoms with van der Waals surface area (Å²) in [6.45, 7) is 4.74. The summed E-state index contributed by atoms with van der Waals surface area (Å²) in [6, 6.07) is 0. The van der Waals surface area contributed by atoms with Gasteiger partial charge in [0, 0.05) is 30.6 Å². The van der Waals surface area contributed by atoms with Crippen molar-refractivity contribution in [2.45, 2.75) is 83.9 Å². The van der Waals surface area contributed by atoms with Crippen molar-refractivity contribution < 1.29 is 105 Å². The van der Waals surface area contributed by atoms with Crippen LogP contribution in [-0.2, 0) is 74.1 Å². The summed E-state index contributed by atoms with van der Waals surface area (Å²) in [5, 5.41) is 0. The molecule has 0 radical (unpaired) electrons. The Morgan fingerprint density at radius 1 is 0.364 bits per heavy atom. The molecule has 0 saturated heterocycles. The highest BCUT2D eigenvalue weighted by Gasteiger charge is 2.52. The van der Waals surface area contributed by atoms with Crippen LogP contribution in [0, 0.1) is 102 Å². The molecule has 20 atom stereocenters. The van der Waals surface area contributed by atoms with E-state index in [9.17, 15) is 0 Å². The average molecular weight is 1310 g/mol. The number of hydrogen-bond acceptors (Lipinski definition) is 4. The lowest BCUT2D eigenvalue weighted by molar-refractivity contribution is -0.677. The summed E-state index contributed by atoms with van der Waals surface area (Å²) in [6.07, 6.45) is 67.2. The Morgan fingerprint density at radius 2 is 0.649 bits per heavy atom. The molecule has 414 valence electrons. The number of hydrogen-bond donors (Lipinski definition) is 0. The van der Waals surface area contributed by atoms with Crippen molar-refractivity contribution in [2.24, 2.45) is 123 Å². The summed E-state index contributed by atoms with van der Waals surface area (Å²) < 4.78 is 41.1. The Kier molecular flexibility index (Phi) is 18.7. The molecule has 8 unspecified atom stereocenters. The Morgan fingerprint density at radius 3 is 0.909 bits per heavy atom. The molecule has 0 amide bonds. The van der Waals surface area contributed by atoms with Crippen molar-refractivity contribution in [3.63, 3.8) is 0 Å². The van der Waals surface area contributed by atoms with Crippen LogP contribution in [0.1, 0.15) is 31.5 Å². The molecular formula is C61H78Br4N8O4. The van der Waals surface area contributed by atoms with E-state index in [-0.39, 0.29) is 67.9 Å². The summed E-state index contributed by atoms with van der Waals surface area (Å²) in [7, 11) is 8.16. The molecule has 12 aliphatic carbocycles. The predicted molar refractivity (Wildman–Crippen MR) is 274 cm³/mol. The number of halogens is 4. The smallest absolute Gasteiger partial charge is 0.254 e. The molecule has 4 fully saturated rings. The van der Waals surface area contributed by atoms with E-state index in [0.29, 0.717) is 75.0 Å². The van der Waals surface area contributed by atoms with Crippen molar-refractivity contribution in [3.05, 3.63) is 172 Å². The number of fused-ring (bicyclic) bond motifs is 20. The molecule has 4 aromatic rings. The first-order valence-electron chi connectivity index (χ1n) is 27.6. The highest BCUT2D eigenvalue weighted by Crippen LogP contribution is 2.56. The molecule has 12 aliphatic rings. The van der Waals surface area contributed by atoms with Crippen molar-refractivity contribution in [1.82, 2.24) is 18.3 Å². The van der Waals surface area contributed by atoms with E-state index in [2.05, 4.69) is 184 Å². The van der Waals surface area contributed by atoms with Crippen LogP contribution in [0.5, 0.6) is 0 Å². The van der Waals surface area contributed by atoms with Crippen LogP contribution in [-0.4, -0.2) is 42.7 Å². The molecule has 8 bridgehead atoms. The number of imidazole rings is 4. The average Bonchev–Trinajstić information content (AvgIpc) is 4.20.